The Morgan fingerprint density at radius 2 is 2.33 bits per heavy atom. The number of methoxy groups -OCH3 is 1. The quantitative estimate of drug-likeness (QED) is 0.673. The van der Waals surface area contributed by atoms with E-state index in [4.69, 9.17) is 5.73 Å². The van der Waals surface area contributed by atoms with Crippen LogP contribution in [-0.4, -0.2) is 37.1 Å². The summed E-state index contributed by atoms with van der Waals surface area (Å²) in [4.78, 5) is 26.6. The number of nitrogens with two attached hydrogens (primary N) is 1. The molecule has 0 aliphatic heterocycles. The lowest BCUT2D eigenvalue weighted by molar-refractivity contribution is -0.141. The molecule has 1 aromatic rings. The van der Waals surface area contributed by atoms with Crippen LogP contribution in [0.15, 0.2) is 5.38 Å². The molecule has 0 saturated carbocycles. The maximum absolute atomic E-state index is 11.5. The molecule has 7 heteroatoms. The largest absolute Gasteiger partial charge is 0.468 e. The number of ether oxygens (including phenoxy) is 1. The van der Waals surface area contributed by atoms with Crippen molar-refractivity contribution < 1.29 is 14.3 Å². The molecule has 1 heterocycles. The molecule has 0 saturated heterocycles. The van der Waals surface area contributed by atoms with Gasteiger partial charge in [-0.1, -0.05) is 0 Å². The highest BCUT2D eigenvalue weighted by atomic mass is 32.1. The first-order valence-electron chi connectivity index (χ1n) is 5.62. The van der Waals surface area contributed by atoms with Crippen LogP contribution in [-0.2, 0) is 27.2 Å². The number of aryl methyl sites for hydroxylation is 1. The van der Waals surface area contributed by atoms with Gasteiger partial charge >= 0.3 is 5.97 Å². The summed E-state index contributed by atoms with van der Waals surface area (Å²) in [6.07, 6.45) is 1.91. The van der Waals surface area contributed by atoms with Gasteiger partial charge in [-0.3, -0.25) is 9.59 Å². The fourth-order valence-corrected chi connectivity index (χ4v) is 2.11. The van der Waals surface area contributed by atoms with Crippen LogP contribution >= 0.6 is 11.3 Å². The third-order valence-corrected chi connectivity index (χ3v) is 3.15. The minimum Gasteiger partial charge on any atom is -0.468 e. The summed E-state index contributed by atoms with van der Waals surface area (Å²) < 4.78 is 4.42. The number of thiazole rings is 1. The molecule has 0 fully saturated rings. The molecule has 18 heavy (non-hydrogen) atoms. The van der Waals surface area contributed by atoms with Gasteiger partial charge in [0.25, 0.3) is 0 Å². The summed E-state index contributed by atoms with van der Waals surface area (Å²) in [6, 6.07) is 0. The standard InChI is InChI=1S/C11H17N3O3S/c1-17-11(16)6-13-9(15)5-8-7-18-10(14-8)3-2-4-12/h7H,2-6,12H2,1H3,(H,13,15). The van der Waals surface area contributed by atoms with E-state index < -0.39 is 5.97 Å². The van der Waals surface area contributed by atoms with Gasteiger partial charge in [0.05, 0.1) is 24.2 Å². The summed E-state index contributed by atoms with van der Waals surface area (Å²) in [5.41, 5.74) is 6.13. The topological polar surface area (TPSA) is 94.3 Å². The maximum atomic E-state index is 11.5. The molecule has 1 aromatic heterocycles. The third kappa shape index (κ3) is 5.24. The van der Waals surface area contributed by atoms with Crippen molar-refractivity contribution >= 4 is 23.2 Å². The molecule has 0 unspecified atom stereocenters. The molecule has 0 aliphatic carbocycles. The van der Waals surface area contributed by atoms with Crippen LogP contribution in [0.1, 0.15) is 17.1 Å². The Kier molecular flexibility index (Phi) is 6.31. The Morgan fingerprint density at radius 1 is 1.56 bits per heavy atom. The number of aromatic nitrogens is 1. The second-order valence-electron chi connectivity index (χ2n) is 3.65. The molecule has 0 spiro atoms. The number of nitrogens with one attached hydrogen (secondary N) is 1. The minimum absolute atomic E-state index is 0.112. The number of nitrogens with zero attached hydrogens (tertiary/aromatic N) is 1. The van der Waals surface area contributed by atoms with E-state index >= 15 is 0 Å². The number of hydrogen-bond acceptors (Lipinski definition) is 6. The number of carbonyl (C=O) groups is 2. The van der Waals surface area contributed by atoms with E-state index in [0.717, 1.165) is 23.5 Å². The second kappa shape index (κ2) is 7.78. The van der Waals surface area contributed by atoms with Gasteiger partial charge in [0, 0.05) is 11.8 Å². The Labute approximate surface area is 110 Å². The highest BCUT2D eigenvalue weighted by Crippen LogP contribution is 2.11. The molecule has 0 bridgehead atoms. The van der Waals surface area contributed by atoms with Gasteiger partial charge in [-0.05, 0) is 13.0 Å². The zero-order valence-electron chi connectivity index (χ0n) is 10.3. The average molecular weight is 271 g/mol. The van der Waals surface area contributed by atoms with Crippen LogP contribution in [0.2, 0.25) is 0 Å². The van der Waals surface area contributed by atoms with Crippen molar-refractivity contribution in [3.05, 3.63) is 16.1 Å². The van der Waals surface area contributed by atoms with Crippen LogP contribution in [0.25, 0.3) is 0 Å². The van der Waals surface area contributed by atoms with Crippen molar-refractivity contribution in [2.45, 2.75) is 19.3 Å². The van der Waals surface area contributed by atoms with Gasteiger partial charge in [0.2, 0.25) is 5.91 Å². The van der Waals surface area contributed by atoms with Crippen molar-refractivity contribution in [2.24, 2.45) is 5.73 Å². The van der Waals surface area contributed by atoms with Crippen LogP contribution in [0.3, 0.4) is 0 Å². The van der Waals surface area contributed by atoms with Gasteiger partial charge < -0.3 is 15.8 Å². The lowest BCUT2D eigenvalue weighted by Crippen LogP contribution is -2.31. The fourth-order valence-electron chi connectivity index (χ4n) is 1.27. The summed E-state index contributed by atoms with van der Waals surface area (Å²) in [6.45, 7) is 0.522. The average Bonchev–Trinajstić information content (AvgIpc) is 2.81. The van der Waals surface area contributed by atoms with E-state index in [1.54, 1.807) is 0 Å². The molecular weight excluding hydrogens is 254 g/mol. The monoisotopic (exact) mass is 271 g/mol. The number of amides is 1. The first-order valence-corrected chi connectivity index (χ1v) is 6.50. The van der Waals surface area contributed by atoms with Gasteiger partial charge in [0.15, 0.2) is 0 Å². The van der Waals surface area contributed by atoms with Gasteiger partial charge in [0.1, 0.15) is 6.54 Å². The lowest BCUT2D eigenvalue weighted by Gasteiger charge is -2.01. The molecule has 0 aliphatic rings. The highest BCUT2D eigenvalue weighted by molar-refractivity contribution is 7.09. The summed E-state index contributed by atoms with van der Waals surface area (Å²) in [5, 5.41) is 5.30. The van der Waals surface area contributed by atoms with E-state index in [1.165, 1.54) is 18.4 Å². The highest BCUT2D eigenvalue weighted by Gasteiger charge is 2.09. The Balaban J connectivity index is 2.35. The third-order valence-electron chi connectivity index (χ3n) is 2.19. The number of carbonyl (C=O) groups excluding carboxylic acids is 2. The number of esters is 1. The Bertz CT molecular complexity index is 406. The maximum Gasteiger partial charge on any atom is 0.325 e. The smallest absolute Gasteiger partial charge is 0.325 e. The van der Waals surface area contributed by atoms with Crippen molar-refractivity contribution in [3.8, 4) is 0 Å². The second-order valence-corrected chi connectivity index (χ2v) is 4.60. The van der Waals surface area contributed by atoms with Crippen LogP contribution in [0.5, 0.6) is 0 Å². The SMILES string of the molecule is COC(=O)CNC(=O)Cc1csc(CCCN)n1. The Hall–Kier alpha value is -1.47. The van der Waals surface area contributed by atoms with Gasteiger partial charge in [-0.25, -0.2) is 4.98 Å². The van der Waals surface area contributed by atoms with Crippen molar-refractivity contribution in [1.82, 2.24) is 10.3 Å². The van der Waals surface area contributed by atoms with E-state index in [-0.39, 0.29) is 18.9 Å². The molecule has 6 nitrogen and oxygen atoms in total. The van der Waals surface area contributed by atoms with E-state index in [9.17, 15) is 9.59 Å². The predicted molar refractivity (Wildman–Crippen MR) is 68.2 cm³/mol. The first kappa shape index (κ1) is 14.6. The van der Waals surface area contributed by atoms with E-state index in [0.29, 0.717) is 6.54 Å². The molecular formula is C11H17N3O3S. The number of rotatable bonds is 7. The number of hydrogen-bond donors (Lipinski definition) is 2. The van der Waals surface area contributed by atoms with Gasteiger partial charge in [-0.15, -0.1) is 11.3 Å². The van der Waals surface area contributed by atoms with Crippen molar-refractivity contribution in [2.75, 3.05) is 20.2 Å². The first-order chi connectivity index (χ1) is 8.65. The van der Waals surface area contributed by atoms with Crippen molar-refractivity contribution in [3.63, 3.8) is 0 Å². The minimum atomic E-state index is -0.467. The normalized spacial score (nSPS) is 10.1. The summed E-state index contributed by atoms with van der Waals surface area (Å²) in [7, 11) is 1.28. The molecule has 0 aromatic carbocycles. The Morgan fingerprint density at radius 3 is 3.00 bits per heavy atom. The van der Waals surface area contributed by atoms with E-state index in [1.807, 2.05) is 5.38 Å². The molecule has 100 valence electrons. The molecule has 1 amide bonds. The summed E-state index contributed by atoms with van der Waals surface area (Å²) >= 11 is 1.52. The summed E-state index contributed by atoms with van der Waals surface area (Å²) in [5.74, 6) is -0.707. The molecule has 0 atom stereocenters. The molecule has 1 rings (SSSR count). The van der Waals surface area contributed by atoms with E-state index in [2.05, 4.69) is 15.0 Å². The zero-order valence-corrected chi connectivity index (χ0v) is 11.1. The molecule has 0 radical (unpaired) electrons. The van der Waals surface area contributed by atoms with Crippen LogP contribution < -0.4 is 11.1 Å². The predicted octanol–water partition coefficient (Wildman–Crippen LogP) is -0.134. The fraction of sp³-hybridized carbons (Fsp3) is 0.545. The van der Waals surface area contributed by atoms with Gasteiger partial charge in [-0.2, -0.15) is 0 Å². The zero-order chi connectivity index (χ0) is 13.4. The van der Waals surface area contributed by atoms with Crippen molar-refractivity contribution in [1.29, 1.82) is 0 Å². The lowest BCUT2D eigenvalue weighted by atomic mass is 10.3. The molecule has 3 N–H and O–H groups in total. The van der Waals surface area contributed by atoms with Crippen LogP contribution in [0.4, 0.5) is 0 Å². The van der Waals surface area contributed by atoms with Crippen LogP contribution in [0, 0.1) is 0 Å².